The van der Waals surface area contributed by atoms with Gasteiger partial charge in [0.2, 0.25) is 5.13 Å². The van der Waals surface area contributed by atoms with Crippen LogP contribution < -0.4 is 15.4 Å². The molecule has 3 rings (SSSR count). The van der Waals surface area contributed by atoms with Crippen LogP contribution in [0.25, 0.3) is 0 Å². The molecule has 1 aliphatic rings. The fourth-order valence-electron chi connectivity index (χ4n) is 2.18. The van der Waals surface area contributed by atoms with Crippen molar-refractivity contribution < 1.29 is 14.3 Å². The van der Waals surface area contributed by atoms with Crippen molar-refractivity contribution in [1.82, 2.24) is 10.2 Å². The zero-order valence-corrected chi connectivity index (χ0v) is 14.6. The van der Waals surface area contributed by atoms with E-state index in [0.29, 0.717) is 21.6 Å². The fourth-order valence-corrected chi connectivity index (χ4v) is 3.19. The topological polar surface area (TPSA) is 93.2 Å². The Hall–Kier alpha value is -2.19. The number of carbonyl (C=O) groups excluding carboxylic acids is 2. The number of benzene rings is 1. The van der Waals surface area contributed by atoms with Gasteiger partial charge < -0.3 is 10.1 Å². The summed E-state index contributed by atoms with van der Waals surface area (Å²) in [6, 6.07) is 4.79. The first-order chi connectivity index (χ1) is 11.4. The Balaban J connectivity index is 1.80. The minimum absolute atomic E-state index is 0.336. The summed E-state index contributed by atoms with van der Waals surface area (Å²) in [5, 5.41) is 14.8. The van der Waals surface area contributed by atoms with E-state index in [1.165, 1.54) is 18.3 Å². The summed E-state index contributed by atoms with van der Waals surface area (Å²) >= 11 is 7.17. The van der Waals surface area contributed by atoms with Gasteiger partial charge in [0.1, 0.15) is 10.8 Å². The molecule has 126 valence electrons. The average Bonchev–Trinajstić information content (AvgIpc) is 2.96. The second-order valence-electron chi connectivity index (χ2n) is 5.43. The molecule has 9 heteroatoms. The van der Waals surface area contributed by atoms with E-state index in [1.807, 2.05) is 6.92 Å². The quantitative estimate of drug-likeness (QED) is 0.811. The van der Waals surface area contributed by atoms with Crippen LogP contribution in [0.15, 0.2) is 18.2 Å². The van der Waals surface area contributed by atoms with Gasteiger partial charge in [-0.25, -0.2) is 0 Å². The Kier molecular flexibility index (Phi) is 4.42. The highest BCUT2D eigenvalue weighted by Gasteiger charge is 2.47. The molecular weight excluding hydrogens is 352 g/mol. The van der Waals surface area contributed by atoms with Crippen LogP contribution in [0.3, 0.4) is 0 Å². The number of halogens is 1. The third kappa shape index (κ3) is 3.07. The molecule has 2 N–H and O–H groups in total. The number of aryl methyl sites for hydroxylation is 1. The molecule has 0 saturated heterocycles. The van der Waals surface area contributed by atoms with Crippen LogP contribution in [0.4, 0.5) is 10.8 Å². The van der Waals surface area contributed by atoms with Crippen LogP contribution in [0.1, 0.15) is 25.3 Å². The molecule has 0 radical (unpaired) electrons. The van der Waals surface area contributed by atoms with Crippen molar-refractivity contribution in [1.29, 1.82) is 0 Å². The summed E-state index contributed by atoms with van der Waals surface area (Å²) < 4.78 is 5.65. The molecule has 0 saturated carbocycles. The first-order valence-electron chi connectivity index (χ1n) is 7.36. The van der Waals surface area contributed by atoms with Gasteiger partial charge in [-0.3, -0.25) is 14.9 Å². The molecule has 0 bridgehead atoms. The number of rotatable bonds is 4. The summed E-state index contributed by atoms with van der Waals surface area (Å²) in [4.78, 5) is 24.9. The number of fused-ring (bicyclic) bond motifs is 1. The molecule has 2 amide bonds. The predicted octanol–water partition coefficient (Wildman–Crippen LogP) is 2.87. The van der Waals surface area contributed by atoms with E-state index in [1.54, 1.807) is 18.2 Å². The van der Waals surface area contributed by atoms with Crippen LogP contribution in [0, 0.1) is 0 Å². The molecule has 1 unspecified atom stereocenters. The highest BCUT2D eigenvalue weighted by atomic mass is 35.5. The largest absolute Gasteiger partial charge is 0.466 e. The molecule has 0 aliphatic carbocycles. The van der Waals surface area contributed by atoms with E-state index in [2.05, 4.69) is 20.8 Å². The Morgan fingerprint density at radius 1 is 1.46 bits per heavy atom. The van der Waals surface area contributed by atoms with Gasteiger partial charge in [0.25, 0.3) is 17.4 Å². The van der Waals surface area contributed by atoms with Crippen molar-refractivity contribution in [3.63, 3.8) is 0 Å². The van der Waals surface area contributed by atoms with Crippen LogP contribution in [-0.4, -0.2) is 27.6 Å². The standard InChI is InChI=1S/C15H15ClN4O3S/c1-3-4-11-19-20-14(24-11)18-13(22)15(2)12(21)17-9-7-8(16)5-6-10(9)23-15/h5-7H,3-4H2,1-2H3,(H,17,21)(H,18,20,22). The number of ether oxygens (including phenoxy) is 1. The molecule has 7 nitrogen and oxygen atoms in total. The second-order valence-corrected chi connectivity index (χ2v) is 6.93. The maximum Gasteiger partial charge on any atom is 0.280 e. The molecule has 2 heterocycles. The molecular formula is C15H15ClN4O3S. The SMILES string of the molecule is CCCc1nnc(NC(=O)C2(C)Oc3ccc(Cl)cc3NC2=O)s1. The van der Waals surface area contributed by atoms with Gasteiger partial charge in [-0.05, 0) is 31.5 Å². The average molecular weight is 367 g/mol. The monoisotopic (exact) mass is 366 g/mol. The molecule has 1 atom stereocenters. The normalized spacial score (nSPS) is 19.2. The number of aromatic nitrogens is 2. The number of nitrogens with zero attached hydrogens (tertiary/aromatic N) is 2. The second kappa shape index (κ2) is 6.37. The zero-order valence-electron chi connectivity index (χ0n) is 13.1. The Morgan fingerprint density at radius 2 is 2.25 bits per heavy atom. The Labute approximate surface area is 147 Å². The van der Waals surface area contributed by atoms with E-state index in [-0.39, 0.29) is 0 Å². The number of amides is 2. The third-order valence-electron chi connectivity index (χ3n) is 3.52. The lowest BCUT2D eigenvalue weighted by Crippen LogP contribution is -2.56. The highest BCUT2D eigenvalue weighted by Crippen LogP contribution is 2.36. The van der Waals surface area contributed by atoms with E-state index in [9.17, 15) is 9.59 Å². The molecule has 1 aliphatic heterocycles. The number of carbonyl (C=O) groups is 2. The van der Waals surface area contributed by atoms with Crippen molar-refractivity contribution in [2.45, 2.75) is 32.3 Å². The van der Waals surface area contributed by atoms with Crippen molar-refractivity contribution in [3.8, 4) is 5.75 Å². The van der Waals surface area contributed by atoms with Crippen molar-refractivity contribution in [2.24, 2.45) is 0 Å². The maximum atomic E-state index is 12.6. The number of hydrogen-bond donors (Lipinski definition) is 2. The lowest BCUT2D eigenvalue weighted by Gasteiger charge is -2.32. The lowest BCUT2D eigenvalue weighted by atomic mass is 10.0. The van der Waals surface area contributed by atoms with Crippen LogP contribution in [0.2, 0.25) is 5.02 Å². The Morgan fingerprint density at radius 3 is 3.00 bits per heavy atom. The van der Waals surface area contributed by atoms with Crippen LogP contribution in [0.5, 0.6) is 5.75 Å². The van der Waals surface area contributed by atoms with Gasteiger partial charge in [-0.15, -0.1) is 10.2 Å². The lowest BCUT2D eigenvalue weighted by molar-refractivity contribution is -0.143. The van der Waals surface area contributed by atoms with Gasteiger partial charge in [-0.2, -0.15) is 0 Å². The number of nitrogens with one attached hydrogen (secondary N) is 2. The fraction of sp³-hybridized carbons (Fsp3) is 0.333. The third-order valence-corrected chi connectivity index (χ3v) is 4.66. The number of hydrogen-bond acceptors (Lipinski definition) is 6. The van der Waals surface area contributed by atoms with Crippen molar-refractivity contribution in [2.75, 3.05) is 10.6 Å². The molecule has 0 spiro atoms. The smallest absolute Gasteiger partial charge is 0.280 e. The maximum absolute atomic E-state index is 12.6. The van der Waals surface area contributed by atoms with Gasteiger partial charge in [0.05, 0.1) is 5.69 Å². The minimum Gasteiger partial charge on any atom is -0.466 e. The summed E-state index contributed by atoms with van der Waals surface area (Å²) in [5.41, 5.74) is -1.28. The van der Waals surface area contributed by atoms with Crippen LogP contribution >= 0.6 is 22.9 Å². The highest BCUT2D eigenvalue weighted by molar-refractivity contribution is 7.15. The molecule has 24 heavy (non-hydrogen) atoms. The first kappa shape index (κ1) is 16.7. The summed E-state index contributed by atoms with van der Waals surface area (Å²) in [7, 11) is 0. The summed E-state index contributed by atoms with van der Waals surface area (Å²) in [6.07, 6.45) is 1.72. The minimum atomic E-state index is -1.71. The number of anilines is 2. The van der Waals surface area contributed by atoms with Gasteiger partial charge in [-0.1, -0.05) is 29.9 Å². The molecule has 0 fully saturated rings. The molecule has 2 aromatic rings. The predicted molar refractivity (Wildman–Crippen MR) is 91.6 cm³/mol. The summed E-state index contributed by atoms with van der Waals surface area (Å²) in [6.45, 7) is 3.44. The van der Waals surface area contributed by atoms with E-state index in [4.69, 9.17) is 16.3 Å². The van der Waals surface area contributed by atoms with E-state index in [0.717, 1.165) is 17.8 Å². The van der Waals surface area contributed by atoms with Gasteiger partial charge in [0.15, 0.2) is 0 Å². The molecule has 1 aromatic heterocycles. The Bertz CT molecular complexity index is 810. The van der Waals surface area contributed by atoms with Gasteiger partial charge in [0, 0.05) is 11.4 Å². The van der Waals surface area contributed by atoms with Crippen molar-refractivity contribution in [3.05, 3.63) is 28.2 Å². The molecule has 1 aromatic carbocycles. The van der Waals surface area contributed by atoms with Crippen molar-refractivity contribution >= 4 is 45.6 Å². The zero-order chi connectivity index (χ0) is 17.3. The van der Waals surface area contributed by atoms with Gasteiger partial charge >= 0.3 is 0 Å². The summed E-state index contributed by atoms with van der Waals surface area (Å²) in [5.74, 6) is -0.812. The van der Waals surface area contributed by atoms with Crippen LogP contribution in [-0.2, 0) is 16.0 Å². The van der Waals surface area contributed by atoms with E-state index >= 15 is 0 Å². The first-order valence-corrected chi connectivity index (χ1v) is 8.55. The van der Waals surface area contributed by atoms with E-state index < -0.39 is 17.4 Å².